The van der Waals surface area contributed by atoms with Crippen LogP contribution < -0.4 is 5.73 Å². The lowest BCUT2D eigenvalue weighted by Gasteiger charge is -2.40. The van der Waals surface area contributed by atoms with E-state index in [-0.39, 0.29) is 18.7 Å². The average molecular weight is 577 g/mol. The van der Waals surface area contributed by atoms with Gasteiger partial charge in [-0.05, 0) is 29.5 Å². The Morgan fingerprint density at radius 3 is 2.51 bits per heavy atom. The molecule has 0 bridgehead atoms. The molecule has 1 aliphatic rings. The summed E-state index contributed by atoms with van der Waals surface area (Å²) in [6.07, 6.45) is -4.67. The van der Waals surface area contributed by atoms with E-state index in [0.717, 1.165) is 24.1 Å². The summed E-state index contributed by atoms with van der Waals surface area (Å²) >= 11 is 0. The number of nitrogens with two attached hydrogens (primary N) is 1. The highest BCUT2D eigenvalue weighted by molar-refractivity contribution is 5.69. The summed E-state index contributed by atoms with van der Waals surface area (Å²) in [6.45, 7) is 5.74. The number of ether oxygens (including phenoxy) is 2. The van der Waals surface area contributed by atoms with Crippen LogP contribution >= 0.6 is 0 Å². The van der Waals surface area contributed by atoms with Crippen LogP contribution in [-0.4, -0.2) is 52.7 Å². The van der Waals surface area contributed by atoms with Crippen LogP contribution in [0.25, 0.3) is 11.3 Å². The van der Waals surface area contributed by atoms with Crippen molar-refractivity contribution in [2.24, 2.45) is 11.1 Å². The summed E-state index contributed by atoms with van der Waals surface area (Å²) in [7, 11) is 0. The fourth-order valence-electron chi connectivity index (χ4n) is 4.94. The van der Waals surface area contributed by atoms with E-state index in [1.54, 1.807) is 16.8 Å². The van der Waals surface area contributed by atoms with Crippen molar-refractivity contribution < 1.29 is 31.8 Å². The first-order chi connectivity index (χ1) is 19.4. The zero-order valence-electron chi connectivity index (χ0n) is 23.4. The molecule has 1 aromatic heterocycles. The maximum Gasteiger partial charge on any atom is 0.416 e. The van der Waals surface area contributed by atoms with Gasteiger partial charge in [-0.2, -0.15) is 13.2 Å². The van der Waals surface area contributed by atoms with Gasteiger partial charge in [0, 0.05) is 31.3 Å². The van der Waals surface area contributed by atoms with E-state index in [4.69, 9.17) is 20.2 Å². The molecule has 1 aliphatic heterocycles. The number of carbonyl (C=O) groups is 1. The maximum absolute atomic E-state index is 14.9. The van der Waals surface area contributed by atoms with Crippen molar-refractivity contribution in [3.63, 3.8) is 0 Å². The molecule has 2 heterocycles. The Kier molecular flexibility index (Phi) is 9.38. The van der Waals surface area contributed by atoms with Gasteiger partial charge in [-0.3, -0.25) is 4.90 Å². The van der Waals surface area contributed by atoms with Crippen molar-refractivity contribution in [2.45, 2.75) is 64.8 Å². The molecule has 4 rings (SSSR count). The number of alkyl halides is 4. The number of benzene rings is 2. The molecule has 0 spiro atoms. The molecule has 2 N–H and O–H groups in total. The van der Waals surface area contributed by atoms with Crippen molar-refractivity contribution in [1.82, 2.24) is 14.5 Å². The molecule has 3 aromatic rings. The van der Waals surface area contributed by atoms with Crippen LogP contribution in [0, 0.1) is 5.41 Å². The number of amides is 1. The highest BCUT2D eigenvalue weighted by Gasteiger charge is 2.41. The van der Waals surface area contributed by atoms with Crippen LogP contribution in [0.15, 0.2) is 60.8 Å². The number of halogens is 4. The molecular weight excluding hydrogens is 540 g/mol. The summed E-state index contributed by atoms with van der Waals surface area (Å²) in [5.41, 5.74) is 5.57. The molecule has 1 saturated heterocycles. The van der Waals surface area contributed by atoms with E-state index >= 15 is 0 Å². The van der Waals surface area contributed by atoms with Gasteiger partial charge in [0.15, 0.2) is 0 Å². The van der Waals surface area contributed by atoms with E-state index in [2.05, 4.69) is 0 Å². The lowest BCUT2D eigenvalue weighted by Crippen LogP contribution is -2.47. The molecule has 0 saturated carbocycles. The second-order valence-electron chi connectivity index (χ2n) is 11.3. The van der Waals surface area contributed by atoms with Gasteiger partial charge in [-0.15, -0.1) is 0 Å². The predicted octanol–water partition coefficient (Wildman–Crippen LogP) is 6.58. The first-order valence-electron chi connectivity index (χ1n) is 13.6. The third-order valence-electron chi connectivity index (χ3n) is 6.87. The summed E-state index contributed by atoms with van der Waals surface area (Å²) in [5, 5.41) is 0. The first-order valence-corrected chi connectivity index (χ1v) is 13.6. The predicted molar refractivity (Wildman–Crippen MR) is 147 cm³/mol. The number of imidazole rings is 1. The van der Waals surface area contributed by atoms with Gasteiger partial charge in [-0.1, -0.05) is 63.2 Å². The summed E-state index contributed by atoms with van der Waals surface area (Å²) in [5.74, 6) is 0.377. The zero-order valence-corrected chi connectivity index (χ0v) is 23.4. The standard InChI is InChI=1S/C30H36F4N4O3/c1-29(2,3)26(38(18-23(31)16-35)28(39)41-25-13-8-14-40-25)27-36-24(19-37(27)17-20-9-5-4-6-10-20)21-11-7-12-22(15-21)30(32,33)34/h4-7,9-12,15,19,23,25-26H,8,13-14,16-18,35H2,1-3H3/t23-,25+,26+/m1/s1. The Balaban J connectivity index is 1.84. The third kappa shape index (κ3) is 7.65. The number of hydrogen-bond acceptors (Lipinski definition) is 5. The number of rotatable bonds is 9. The number of carbonyl (C=O) groups excluding carboxylic acids is 1. The van der Waals surface area contributed by atoms with Gasteiger partial charge in [0.2, 0.25) is 6.29 Å². The molecule has 0 aliphatic carbocycles. The Hall–Kier alpha value is -3.44. The molecule has 3 atom stereocenters. The van der Waals surface area contributed by atoms with Crippen molar-refractivity contribution in [3.8, 4) is 11.3 Å². The lowest BCUT2D eigenvalue weighted by molar-refractivity contribution is -0.137. The molecule has 0 unspecified atom stereocenters. The fraction of sp³-hybridized carbons (Fsp3) is 0.467. The van der Waals surface area contributed by atoms with Gasteiger partial charge in [0.25, 0.3) is 0 Å². The van der Waals surface area contributed by atoms with Crippen LogP contribution in [0.2, 0.25) is 0 Å². The Bertz CT molecular complexity index is 1300. The second-order valence-corrected chi connectivity index (χ2v) is 11.3. The zero-order chi connectivity index (χ0) is 29.8. The van der Waals surface area contributed by atoms with E-state index in [0.29, 0.717) is 31.1 Å². The second kappa shape index (κ2) is 12.6. The van der Waals surface area contributed by atoms with Crippen molar-refractivity contribution in [2.75, 3.05) is 19.7 Å². The summed E-state index contributed by atoms with van der Waals surface area (Å²) < 4.78 is 68.3. The highest BCUT2D eigenvalue weighted by atomic mass is 19.4. The van der Waals surface area contributed by atoms with Gasteiger partial charge in [0.1, 0.15) is 12.0 Å². The van der Waals surface area contributed by atoms with Crippen LogP contribution in [0.1, 0.15) is 56.6 Å². The quantitative estimate of drug-likeness (QED) is 0.291. The number of aromatic nitrogens is 2. The third-order valence-corrected chi connectivity index (χ3v) is 6.87. The van der Waals surface area contributed by atoms with E-state index in [1.807, 2.05) is 51.1 Å². The number of hydrogen-bond donors (Lipinski definition) is 1. The molecule has 222 valence electrons. The Morgan fingerprint density at radius 2 is 1.90 bits per heavy atom. The minimum Gasteiger partial charge on any atom is -0.419 e. The average Bonchev–Trinajstić information content (AvgIpc) is 3.58. The van der Waals surface area contributed by atoms with E-state index in [1.165, 1.54) is 11.0 Å². The van der Waals surface area contributed by atoms with Gasteiger partial charge >= 0.3 is 12.3 Å². The minimum absolute atomic E-state index is 0.263. The first kappa shape index (κ1) is 30.5. The van der Waals surface area contributed by atoms with Crippen LogP contribution in [0.3, 0.4) is 0 Å². The molecule has 1 fully saturated rings. The Morgan fingerprint density at radius 1 is 1.17 bits per heavy atom. The van der Waals surface area contributed by atoms with Gasteiger partial charge < -0.3 is 19.8 Å². The molecule has 7 nitrogen and oxygen atoms in total. The topological polar surface area (TPSA) is 82.6 Å². The van der Waals surface area contributed by atoms with Crippen LogP contribution in [0.5, 0.6) is 0 Å². The van der Waals surface area contributed by atoms with E-state index in [9.17, 15) is 22.4 Å². The maximum atomic E-state index is 14.9. The van der Waals surface area contributed by atoms with E-state index < -0.39 is 41.8 Å². The van der Waals surface area contributed by atoms with Crippen LogP contribution in [-0.2, 0) is 22.2 Å². The van der Waals surface area contributed by atoms with Gasteiger partial charge in [-0.25, -0.2) is 14.2 Å². The fourth-order valence-corrected chi connectivity index (χ4v) is 4.94. The molecule has 2 aromatic carbocycles. The largest absolute Gasteiger partial charge is 0.419 e. The smallest absolute Gasteiger partial charge is 0.416 e. The highest BCUT2D eigenvalue weighted by Crippen LogP contribution is 2.40. The number of nitrogens with zero attached hydrogens (tertiary/aromatic N) is 3. The summed E-state index contributed by atoms with van der Waals surface area (Å²) in [6, 6.07) is 13.5. The van der Waals surface area contributed by atoms with Crippen molar-refractivity contribution in [3.05, 3.63) is 77.7 Å². The van der Waals surface area contributed by atoms with Gasteiger partial charge in [0.05, 0.1) is 30.5 Å². The molecular formula is C30H36F4N4O3. The van der Waals surface area contributed by atoms with Crippen LogP contribution in [0.4, 0.5) is 22.4 Å². The van der Waals surface area contributed by atoms with Crippen molar-refractivity contribution >= 4 is 6.09 Å². The normalized spacial score (nSPS) is 17.3. The lowest BCUT2D eigenvalue weighted by atomic mass is 9.84. The monoisotopic (exact) mass is 576 g/mol. The SMILES string of the molecule is CC(C)(C)[C@H](c1nc(-c2cccc(C(F)(F)F)c2)cn1Cc1ccccc1)N(C[C@H](F)CN)C(=O)O[C@H]1CCCO1. The molecule has 0 radical (unpaired) electrons. The van der Waals surface area contributed by atoms with Crippen molar-refractivity contribution in [1.29, 1.82) is 0 Å². The summed E-state index contributed by atoms with van der Waals surface area (Å²) in [4.78, 5) is 19.6. The minimum atomic E-state index is -4.53. The Labute approximate surface area is 237 Å². The molecule has 1 amide bonds. The molecule has 41 heavy (non-hydrogen) atoms. The molecule has 11 heteroatoms.